The number of nitrogens with one attached hydrogen (secondary N) is 1. The smallest absolute Gasteiger partial charge is 0.224 e. The van der Waals surface area contributed by atoms with Gasteiger partial charge in [-0.3, -0.25) is 4.79 Å². The number of aliphatic hydroxyl groups excluding tert-OH is 1. The van der Waals surface area contributed by atoms with Gasteiger partial charge in [-0.15, -0.1) is 0 Å². The van der Waals surface area contributed by atoms with Crippen molar-refractivity contribution in [2.75, 3.05) is 11.9 Å². The number of anilines is 1. The number of hydrogen-bond acceptors (Lipinski definition) is 4. The summed E-state index contributed by atoms with van der Waals surface area (Å²) in [5.41, 5.74) is 1.87. The lowest BCUT2D eigenvalue weighted by Gasteiger charge is -2.06. The Hall–Kier alpha value is -2.21. The molecule has 106 valence electrons. The van der Waals surface area contributed by atoms with Crippen molar-refractivity contribution in [1.29, 1.82) is 0 Å². The first kappa shape index (κ1) is 14.2. The first-order chi connectivity index (χ1) is 9.78. The Balaban J connectivity index is 1.83. The molecule has 0 atom stereocenters. The van der Waals surface area contributed by atoms with Crippen molar-refractivity contribution in [3.05, 3.63) is 42.5 Å². The first-order valence-corrected chi connectivity index (χ1v) is 6.60. The molecule has 0 unspecified atom stereocenters. The van der Waals surface area contributed by atoms with E-state index >= 15 is 0 Å². The van der Waals surface area contributed by atoms with Crippen molar-refractivity contribution < 1.29 is 9.90 Å². The fraction of sp³-hybridized carbons (Fsp3) is 0.357. The molecule has 0 aliphatic heterocycles. The molecule has 0 fully saturated rings. The topological polar surface area (TPSA) is 80.0 Å². The molecule has 2 aromatic rings. The number of benzene rings is 1. The highest BCUT2D eigenvalue weighted by molar-refractivity contribution is 5.90. The molecule has 0 aliphatic carbocycles. The maximum atomic E-state index is 11.6. The zero-order valence-electron chi connectivity index (χ0n) is 11.2. The van der Waals surface area contributed by atoms with E-state index in [2.05, 4.69) is 15.4 Å². The Bertz CT molecular complexity index is 523. The number of amides is 1. The zero-order valence-corrected chi connectivity index (χ0v) is 11.2. The molecule has 1 aromatic heterocycles. The van der Waals surface area contributed by atoms with Crippen LogP contribution in [0.1, 0.15) is 24.8 Å². The van der Waals surface area contributed by atoms with Crippen molar-refractivity contribution in [2.45, 2.75) is 25.8 Å². The van der Waals surface area contributed by atoms with Gasteiger partial charge in [-0.25, -0.2) is 9.67 Å². The summed E-state index contributed by atoms with van der Waals surface area (Å²) in [6.07, 6.45) is 4.95. The van der Waals surface area contributed by atoms with Crippen LogP contribution in [0.3, 0.4) is 0 Å². The van der Waals surface area contributed by atoms with Crippen molar-refractivity contribution in [3.63, 3.8) is 0 Å². The van der Waals surface area contributed by atoms with E-state index in [-0.39, 0.29) is 12.5 Å². The molecule has 0 bridgehead atoms. The Morgan fingerprint density at radius 1 is 1.25 bits per heavy atom. The lowest BCUT2D eigenvalue weighted by atomic mass is 10.2. The number of carbonyl (C=O) groups excluding carboxylic acids is 1. The molecule has 0 saturated carbocycles. The highest BCUT2D eigenvalue weighted by Gasteiger charge is 2.02. The van der Waals surface area contributed by atoms with Gasteiger partial charge >= 0.3 is 0 Å². The van der Waals surface area contributed by atoms with Gasteiger partial charge in [-0.05, 0) is 30.5 Å². The van der Waals surface area contributed by atoms with Crippen LogP contribution in [0.4, 0.5) is 5.69 Å². The minimum absolute atomic E-state index is 0.0255. The largest absolute Gasteiger partial charge is 0.396 e. The lowest BCUT2D eigenvalue weighted by molar-refractivity contribution is -0.116. The number of carbonyl (C=O) groups is 1. The number of aliphatic hydroxyl groups is 1. The maximum absolute atomic E-state index is 11.6. The summed E-state index contributed by atoms with van der Waals surface area (Å²) in [6, 6.07) is 7.64. The van der Waals surface area contributed by atoms with Gasteiger partial charge in [-0.2, -0.15) is 5.10 Å². The van der Waals surface area contributed by atoms with E-state index < -0.39 is 0 Å². The standard InChI is InChI=1S/C14H18N4O2/c19-8-2-1-3-14(20)17-13-6-4-12(5-7-13)9-18-11-15-10-16-18/h4-7,10-11,19H,1-3,8-9H2,(H,17,20). The predicted octanol–water partition coefficient (Wildman–Crippen LogP) is 1.43. The van der Waals surface area contributed by atoms with E-state index in [1.165, 1.54) is 6.33 Å². The second kappa shape index (κ2) is 7.40. The van der Waals surface area contributed by atoms with Gasteiger partial charge in [0.2, 0.25) is 5.91 Å². The monoisotopic (exact) mass is 274 g/mol. The summed E-state index contributed by atoms with van der Waals surface area (Å²) in [6.45, 7) is 0.787. The average Bonchev–Trinajstić information content (AvgIpc) is 2.94. The van der Waals surface area contributed by atoms with Crippen LogP contribution in [0.2, 0.25) is 0 Å². The molecule has 1 amide bonds. The van der Waals surface area contributed by atoms with E-state index in [4.69, 9.17) is 5.11 Å². The van der Waals surface area contributed by atoms with Crippen molar-refractivity contribution in [2.24, 2.45) is 0 Å². The van der Waals surface area contributed by atoms with Gasteiger partial charge < -0.3 is 10.4 Å². The van der Waals surface area contributed by atoms with Gasteiger partial charge in [0.1, 0.15) is 12.7 Å². The molecule has 1 heterocycles. The molecule has 6 nitrogen and oxygen atoms in total. The SMILES string of the molecule is O=C(CCCCO)Nc1ccc(Cn2cncn2)cc1. The quantitative estimate of drug-likeness (QED) is 0.748. The average molecular weight is 274 g/mol. The number of unbranched alkanes of at least 4 members (excludes halogenated alkanes) is 1. The van der Waals surface area contributed by atoms with E-state index in [0.29, 0.717) is 25.8 Å². The number of aromatic nitrogens is 3. The van der Waals surface area contributed by atoms with E-state index in [9.17, 15) is 4.79 Å². The van der Waals surface area contributed by atoms with Crippen LogP contribution in [0, 0.1) is 0 Å². The molecule has 0 aliphatic rings. The van der Waals surface area contributed by atoms with Crippen LogP contribution in [0.5, 0.6) is 0 Å². The second-order valence-electron chi connectivity index (χ2n) is 4.52. The van der Waals surface area contributed by atoms with Crippen LogP contribution >= 0.6 is 0 Å². The van der Waals surface area contributed by atoms with E-state index in [1.54, 1.807) is 11.0 Å². The minimum atomic E-state index is -0.0255. The number of hydrogen-bond donors (Lipinski definition) is 2. The molecule has 20 heavy (non-hydrogen) atoms. The zero-order chi connectivity index (χ0) is 14.2. The third-order valence-electron chi connectivity index (χ3n) is 2.86. The van der Waals surface area contributed by atoms with Gasteiger partial charge in [0.15, 0.2) is 0 Å². The van der Waals surface area contributed by atoms with Crippen molar-refractivity contribution in [3.8, 4) is 0 Å². The third kappa shape index (κ3) is 4.47. The normalized spacial score (nSPS) is 10.4. The molecule has 1 aromatic carbocycles. The minimum Gasteiger partial charge on any atom is -0.396 e. The molecule has 2 N–H and O–H groups in total. The first-order valence-electron chi connectivity index (χ1n) is 6.60. The van der Waals surface area contributed by atoms with Crippen LogP contribution < -0.4 is 5.32 Å². The highest BCUT2D eigenvalue weighted by Crippen LogP contribution is 2.11. The molecule has 6 heteroatoms. The predicted molar refractivity (Wildman–Crippen MR) is 75.1 cm³/mol. The highest BCUT2D eigenvalue weighted by atomic mass is 16.3. The Kier molecular flexibility index (Phi) is 5.25. The fourth-order valence-corrected chi connectivity index (χ4v) is 1.82. The molecule has 0 saturated heterocycles. The summed E-state index contributed by atoms with van der Waals surface area (Å²) < 4.78 is 1.74. The second-order valence-corrected chi connectivity index (χ2v) is 4.52. The van der Waals surface area contributed by atoms with Gasteiger partial charge in [0, 0.05) is 18.7 Å². The van der Waals surface area contributed by atoms with Crippen LogP contribution in [-0.2, 0) is 11.3 Å². The Labute approximate surface area is 117 Å². The van der Waals surface area contributed by atoms with E-state index in [0.717, 1.165) is 11.3 Å². The Morgan fingerprint density at radius 2 is 2.05 bits per heavy atom. The van der Waals surface area contributed by atoms with Crippen molar-refractivity contribution >= 4 is 11.6 Å². The van der Waals surface area contributed by atoms with Crippen LogP contribution in [0.25, 0.3) is 0 Å². The number of rotatable bonds is 7. The lowest BCUT2D eigenvalue weighted by Crippen LogP contribution is -2.11. The summed E-state index contributed by atoms with van der Waals surface area (Å²) >= 11 is 0. The van der Waals surface area contributed by atoms with Gasteiger partial charge in [0.05, 0.1) is 6.54 Å². The third-order valence-corrected chi connectivity index (χ3v) is 2.86. The Morgan fingerprint density at radius 3 is 2.70 bits per heavy atom. The van der Waals surface area contributed by atoms with E-state index in [1.807, 2.05) is 24.3 Å². The molecular formula is C14H18N4O2. The van der Waals surface area contributed by atoms with Crippen LogP contribution in [-0.4, -0.2) is 32.4 Å². The van der Waals surface area contributed by atoms with Crippen LogP contribution in [0.15, 0.2) is 36.9 Å². The molecule has 0 radical (unpaired) electrons. The summed E-state index contributed by atoms with van der Waals surface area (Å²) in [7, 11) is 0. The fourth-order valence-electron chi connectivity index (χ4n) is 1.82. The summed E-state index contributed by atoms with van der Waals surface area (Å²) in [4.78, 5) is 15.5. The molecule has 2 rings (SSSR count). The van der Waals surface area contributed by atoms with Crippen molar-refractivity contribution in [1.82, 2.24) is 14.8 Å². The molecule has 0 spiro atoms. The maximum Gasteiger partial charge on any atom is 0.224 e. The summed E-state index contributed by atoms with van der Waals surface area (Å²) in [5.74, 6) is -0.0255. The summed E-state index contributed by atoms with van der Waals surface area (Å²) in [5, 5.41) is 15.5. The molecular weight excluding hydrogens is 256 g/mol. The van der Waals surface area contributed by atoms with Gasteiger partial charge in [-0.1, -0.05) is 12.1 Å². The number of nitrogens with zero attached hydrogens (tertiary/aromatic N) is 3. The van der Waals surface area contributed by atoms with Gasteiger partial charge in [0.25, 0.3) is 0 Å².